The summed E-state index contributed by atoms with van der Waals surface area (Å²) in [6.07, 6.45) is 3.18. The van der Waals surface area contributed by atoms with Crippen LogP contribution in [0.2, 0.25) is 0 Å². The zero-order chi connectivity index (χ0) is 13.0. The van der Waals surface area contributed by atoms with Crippen molar-refractivity contribution in [1.82, 2.24) is 9.97 Å². The fourth-order valence-electron chi connectivity index (χ4n) is 1.48. The molecule has 2 rings (SSSR count). The van der Waals surface area contributed by atoms with Gasteiger partial charge in [0.05, 0.1) is 7.11 Å². The van der Waals surface area contributed by atoms with Crippen molar-refractivity contribution < 1.29 is 9.53 Å². The molecule has 0 unspecified atom stereocenters. The molecule has 0 atom stereocenters. The number of nitrogens with one attached hydrogen (secondary N) is 1. The SMILES string of the molecule is COc1ccnc(NC(=O)c2ccnc(C)c2)c1. The first-order chi connectivity index (χ1) is 8.69. The van der Waals surface area contributed by atoms with Crippen LogP contribution in [-0.4, -0.2) is 23.0 Å². The second kappa shape index (κ2) is 5.27. The molecule has 0 radical (unpaired) electrons. The van der Waals surface area contributed by atoms with E-state index >= 15 is 0 Å². The van der Waals surface area contributed by atoms with Gasteiger partial charge in [-0.15, -0.1) is 0 Å². The smallest absolute Gasteiger partial charge is 0.256 e. The summed E-state index contributed by atoms with van der Waals surface area (Å²) in [4.78, 5) is 20.0. The van der Waals surface area contributed by atoms with E-state index in [-0.39, 0.29) is 5.91 Å². The largest absolute Gasteiger partial charge is 0.497 e. The van der Waals surface area contributed by atoms with E-state index in [0.717, 1.165) is 5.69 Å². The molecule has 0 aliphatic heterocycles. The molecule has 18 heavy (non-hydrogen) atoms. The third-order valence-electron chi connectivity index (χ3n) is 2.37. The maximum absolute atomic E-state index is 11.9. The van der Waals surface area contributed by atoms with Crippen LogP contribution in [-0.2, 0) is 0 Å². The van der Waals surface area contributed by atoms with Crippen molar-refractivity contribution in [2.75, 3.05) is 12.4 Å². The minimum atomic E-state index is -0.221. The number of hydrogen-bond acceptors (Lipinski definition) is 4. The van der Waals surface area contributed by atoms with Crippen LogP contribution < -0.4 is 10.1 Å². The van der Waals surface area contributed by atoms with Crippen molar-refractivity contribution in [3.63, 3.8) is 0 Å². The lowest BCUT2D eigenvalue weighted by atomic mass is 10.2. The van der Waals surface area contributed by atoms with Gasteiger partial charge in [-0.1, -0.05) is 0 Å². The molecule has 0 aromatic carbocycles. The Morgan fingerprint density at radius 2 is 2.00 bits per heavy atom. The molecule has 0 aliphatic rings. The Hall–Kier alpha value is -2.43. The highest BCUT2D eigenvalue weighted by Crippen LogP contribution is 2.14. The molecular formula is C13H13N3O2. The Bertz CT molecular complexity index is 570. The molecule has 5 nitrogen and oxygen atoms in total. The number of aromatic nitrogens is 2. The van der Waals surface area contributed by atoms with Crippen LogP contribution in [0.25, 0.3) is 0 Å². The first-order valence-corrected chi connectivity index (χ1v) is 5.43. The van der Waals surface area contributed by atoms with Crippen LogP contribution in [0.15, 0.2) is 36.7 Å². The van der Waals surface area contributed by atoms with Gasteiger partial charge in [-0.25, -0.2) is 4.98 Å². The minimum Gasteiger partial charge on any atom is -0.497 e. The maximum atomic E-state index is 11.9. The summed E-state index contributed by atoms with van der Waals surface area (Å²) < 4.78 is 5.06. The fraction of sp³-hybridized carbons (Fsp3) is 0.154. The van der Waals surface area contributed by atoms with Crippen molar-refractivity contribution >= 4 is 11.7 Å². The summed E-state index contributed by atoms with van der Waals surface area (Å²) in [5.41, 5.74) is 1.34. The second-order valence-electron chi connectivity index (χ2n) is 3.72. The molecule has 0 aliphatic carbocycles. The third-order valence-corrected chi connectivity index (χ3v) is 2.37. The van der Waals surface area contributed by atoms with Crippen LogP contribution in [0.5, 0.6) is 5.75 Å². The number of nitrogens with zero attached hydrogens (tertiary/aromatic N) is 2. The van der Waals surface area contributed by atoms with Gasteiger partial charge in [-0.2, -0.15) is 0 Å². The number of carbonyl (C=O) groups excluding carboxylic acids is 1. The normalized spacial score (nSPS) is 9.89. The number of carbonyl (C=O) groups is 1. The van der Waals surface area contributed by atoms with E-state index < -0.39 is 0 Å². The number of amides is 1. The molecular weight excluding hydrogens is 230 g/mol. The molecule has 0 fully saturated rings. The third kappa shape index (κ3) is 2.82. The van der Waals surface area contributed by atoms with Gasteiger partial charge < -0.3 is 10.1 Å². The van der Waals surface area contributed by atoms with Crippen molar-refractivity contribution in [3.8, 4) is 5.75 Å². The van der Waals surface area contributed by atoms with Gasteiger partial charge in [-0.05, 0) is 25.1 Å². The molecule has 1 amide bonds. The average Bonchev–Trinajstić information content (AvgIpc) is 2.39. The van der Waals surface area contributed by atoms with Crippen LogP contribution in [0.4, 0.5) is 5.82 Å². The average molecular weight is 243 g/mol. The van der Waals surface area contributed by atoms with Crippen LogP contribution >= 0.6 is 0 Å². The van der Waals surface area contributed by atoms with Crippen molar-refractivity contribution in [1.29, 1.82) is 0 Å². The Balaban J connectivity index is 2.16. The standard InChI is InChI=1S/C13H13N3O2/c1-9-7-10(3-5-14-9)13(17)16-12-8-11(18-2)4-6-15-12/h3-8H,1-2H3,(H,15,16,17). The monoisotopic (exact) mass is 243 g/mol. The van der Waals surface area contributed by atoms with E-state index in [1.807, 2.05) is 6.92 Å². The van der Waals surface area contributed by atoms with E-state index in [1.54, 1.807) is 43.8 Å². The molecule has 2 heterocycles. The summed E-state index contributed by atoms with van der Waals surface area (Å²) in [7, 11) is 1.56. The van der Waals surface area contributed by atoms with Crippen LogP contribution in [0, 0.1) is 6.92 Å². The van der Waals surface area contributed by atoms with Crippen molar-refractivity contribution in [2.45, 2.75) is 6.92 Å². The highest BCUT2D eigenvalue weighted by Gasteiger charge is 2.07. The van der Waals surface area contributed by atoms with Gasteiger partial charge in [0.25, 0.3) is 5.91 Å². The highest BCUT2D eigenvalue weighted by atomic mass is 16.5. The predicted octanol–water partition coefficient (Wildman–Crippen LogP) is 2.05. The van der Waals surface area contributed by atoms with E-state index in [9.17, 15) is 4.79 Å². The Morgan fingerprint density at radius 3 is 2.72 bits per heavy atom. The van der Waals surface area contributed by atoms with E-state index in [4.69, 9.17) is 4.74 Å². The molecule has 0 bridgehead atoms. The number of rotatable bonds is 3. The Kier molecular flexibility index (Phi) is 3.52. The van der Waals surface area contributed by atoms with Gasteiger partial charge >= 0.3 is 0 Å². The Labute approximate surface area is 105 Å². The van der Waals surface area contributed by atoms with Gasteiger partial charge in [0.2, 0.25) is 0 Å². The van der Waals surface area contributed by atoms with Gasteiger partial charge in [-0.3, -0.25) is 9.78 Å². The van der Waals surface area contributed by atoms with E-state index in [2.05, 4.69) is 15.3 Å². The predicted molar refractivity (Wildman–Crippen MR) is 67.7 cm³/mol. The van der Waals surface area contributed by atoms with Gasteiger partial charge in [0.1, 0.15) is 11.6 Å². The Morgan fingerprint density at radius 1 is 1.22 bits per heavy atom. The minimum absolute atomic E-state index is 0.221. The molecule has 1 N–H and O–H groups in total. The van der Waals surface area contributed by atoms with E-state index in [1.165, 1.54) is 0 Å². The summed E-state index contributed by atoms with van der Waals surface area (Å²) in [5, 5.41) is 2.70. The zero-order valence-electron chi connectivity index (χ0n) is 10.2. The number of methoxy groups -OCH3 is 1. The number of pyridine rings is 2. The molecule has 0 saturated carbocycles. The molecule has 5 heteroatoms. The number of ether oxygens (including phenoxy) is 1. The fourth-order valence-corrected chi connectivity index (χ4v) is 1.48. The quantitative estimate of drug-likeness (QED) is 0.896. The first-order valence-electron chi connectivity index (χ1n) is 5.43. The van der Waals surface area contributed by atoms with Crippen molar-refractivity contribution in [3.05, 3.63) is 47.9 Å². The molecule has 2 aromatic rings. The van der Waals surface area contributed by atoms with Crippen LogP contribution in [0.1, 0.15) is 16.1 Å². The number of anilines is 1. The lowest BCUT2D eigenvalue weighted by molar-refractivity contribution is 0.102. The van der Waals surface area contributed by atoms with Crippen LogP contribution in [0.3, 0.4) is 0 Å². The van der Waals surface area contributed by atoms with E-state index in [0.29, 0.717) is 17.1 Å². The lowest BCUT2D eigenvalue weighted by Crippen LogP contribution is -2.13. The lowest BCUT2D eigenvalue weighted by Gasteiger charge is -2.06. The molecule has 2 aromatic heterocycles. The van der Waals surface area contributed by atoms with Crippen molar-refractivity contribution in [2.24, 2.45) is 0 Å². The maximum Gasteiger partial charge on any atom is 0.256 e. The summed E-state index contributed by atoms with van der Waals surface area (Å²) in [6, 6.07) is 6.75. The zero-order valence-corrected chi connectivity index (χ0v) is 10.2. The molecule has 92 valence electrons. The summed E-state index contributed by atoms with van der Waals surface area (Å²) in [6.45, 7) is 1.83. The summed E-state index contributed by atoms with van der Waals surface area (Å²) in [5.74, 6) is 0.876. The highest BCUT2D eigenvalue weighted by molar-refractivity contribution is 6.03. The second-order valence-corrected chi connectivity index (χ2v) is 3.72. The number of hydrogen-bond donors (Lipinski definition) is 1. The topological polar surface area (TPSA) is 64.1 Å². The first kappa shape index (κ1) is 12.0. The van der Waals surface area contributed by atoms with Gasteiger partial charge in [0.15, 0.2) is 0 Å². The molecule has 0 saturated heterocycles. The summed E-state index contributed by atoms with van der Waals surface area (Å²) >= 11 is 0. The number of aryl methyl sites for hydroxylation is 1. The van der Waals surface area contributed by atoms with Gasteiger partial charge in [0, 0.05) is 29.7 Å². The molecule has 0 spiro atoms.